The standard InChI is InChI=1S/C28H30N4O7/c1-12-14(10-31-15-5-4-6-30-11-15)9-18(33)20-16(12)7-13-8-17-22(32(2)3)24(35)21(27(29)38)26(37)28(17,39)25(36)19(13)23(20)34/h4-6,9,11,13,17,22,31,33-34,37,39H,7-8,10H2,1-3H3,(H2,29,38)/t13-,17-,22-,28-/m0/s1. The fraction of sp³-hybridized carbons (Fsp3) is 0.357. The third-order valence-electron chi connectivity index (χ3n) is 8.26. The number of carbonyl (C=O) groups is 3. The summed E-state index contributed by atoms with van der Waals surface area (Å²) in [5, 5.41) is 48.1. The molecular weight excluding hydrogens is 504 g/mol. The van der Waals surface area contributed by atoms with Gasteiger partial charge in [-0.05, 0) is 74.7 Å². The van der Waals surface area contributed by atoms with Crippen LogP contribution < -0.4 is 11.1 Å². The van der Waals surface area contributed by atoms with Crippen LogP contribution in [0.25, 0.3) is 5.76 Å². The number of nitrogens with zero attached hydrogens (tertiary/aromatic N) is 2. The highest BCUT2D eigenvalue weighted by atomic mass is 16.3. The Labute approximate surface area is 224 Å². The molecule has 0 aliphatic heterocycles. The number of phenolic OH excluding ortho intramolecular Hbond substituents is 1. The quantitative estimate of drug-likeness (QED) is 0.305. The van der Waals surface area contributed by atoms with Gasteiger partial charge in [0, 0.05) is 30.4 Å². The fourth-order valence-corrected chi connectivity index (χ4v) is 6.38. The zero-order valence-electron chi connectivity index (χ0n) is 21.7. The number of primary amides is 1. The summed E-state index contributed by atoms with van der Waals surface area (Å²) in [4.78, 5) is 44.7. The molecule has 1 amide bonds. The Morgan fingerprint density at radius 1 is 1.26 bits per heavy atom. The molecule has 7 N–H and O–H groups in total. The third-order valence-corrected chi connectivity index (χ3v) is 8.26. The molecule has 3 aliphatic carbocycles. The normalized spacial score (nSPS) is 26.3. The minimum atomic E-state index is -2.65. The molecular formula is C28H30N4O7. The van der Waals surface area contributed by atoms with Crippen molar-refractivity contribution in [1.29, 1.82) is 0 Å². The summed E-state index contributed by atoms with van der Waals surface area (Å²) < 4.78 is 0. The first-order chi connectivity index (χ1) is 18.4. The monoisotopic (exact) mass is 534 g/mol. The van der Waals surface area contributed by atoms with Crippen molar-refractivity contribution in [3.63, 3.8) is 0 Å². The number of anilines is 1. The van der Waals surface area contributed by atoms with Gasteiger partial charge in [0.15, 0.2) is 11.4 Å². The maximum atomic E-state index is 13.9. The highest BCUT2D eigenvalue weighted by Crippen LogP contribution is 2.53. The van der Waals surface area contributed by atoms with Crippen molar-refractivity contribution in [3.8, 4) is 5.75 Å². The van der Waals surface area contributed by atoms with Crippen molar-refractivity contribution < 1.29 is 34.8 Å². The van der Waals surface area contributed by atoms with Gasteiger partial charge in [-0.25, -0.2) is 0 Å². The average molecular weight is 535 g/mol. The maximum Gasteiger partial charge on any atom is 0.255 e. The first kappa shape index (κ1) is 26.4. The number of hydrogen-bond donors (Lipinski definition) is 6. The van der Waals surface area contributed by atoms with Crippen LogP contribution in [-0.2, 0) is 27.3 Å². The fourth-order valence-electron chi connectivity index (χ4n) is 6.38. The van der Waals surface area contributed by atoms with Crippen molar-refractivity contribution in [1.82, 2.24) is 9.88 Å². The summed E-state index contributed by atoms with van der Waals surface area (Å²) in [6.07, 6.45) is 3.62. The maximum absolute atomic E-state index is 13.9. The van der Waals surface area contributed by atoms with E-state index in [0.29, 0.717) is 12.1 Å². The van der Waals surface area contributed by atoms with E-state index < -0.39 is 58.0 Å². The molecule has 11 heteroatoms. The number of phenols is 1. The van der Waals surface area contributed by atoms with E-state index in [1.54, 1.807) is 32.6 Å². The van der Waals surface area contributed by atoms with Gasteiger partial charge < -0.3 is 31.5 Å². The molecule has 1 fully saturated rings. The summed E-state index contributed by atoms with van der Waals surface area (Å²) in [6.45, 7) is 2.23. The number of aromatic nitrogens is 1. The number of nitrogens with two attached hydrogens (primary N) is 1. The molecule has 0 spiro atoms. The van der Waals surface area contributed by atoms with Crippen molar-refractivity contribution in [2.24, 2.45) is 17.6 Å². The van der Waals surface area contributed by atoms with Gasteiger partial charge in [-0.1, -0.05) is 0 Å². The number of nitrogens with one attached hydrogen (secondary N) is 1. The van der Waals surface area contributed by atoms with Gasteiger partial charge in [0.2, 0.25) is 5.78 Å². The number of fused-ring (bicyclic) bond motifs is 3. The SMILES string of the molecule is Cc1c(CNc2cccnc2)cc(O)c2c1C[C@H]1C[C@H]3[C@H](N(C)C)C(=O)C(C(N)=O)=C(O)[C@@]3(O)C(=O)C1=C2O. The Bertz CT molecular complexity index is 1480. The van der Waals surface area contributed by atoms with Crippen LogP contribution in [0.4, 0.5) is 5.69 Å². The zero-order chi connectivity index (χ0) is 28.4. The lowest BCUT2D eigenvalue weighted by Crippen LogP contribution is -2.65. The number of amides is 1. The lowest BCUT2D eigenvalue weighted by atomic mass is 9.57. The minimum absolute atomic E-state index is 0.0458. The van der Waals surface area contributed by atoms with Gasteiger partial charge in [0.1, 0.15) is 22.8 Å². The van der Waals surface area contributed by atoms with E-state index in [1.165, 1.54) is 11.0 Å². The minimum Gasteiger partial charge on any atom is -0.508 e. The van der Waals surface area contributed by atoms with Gasteiger partial charge >= 0.3 is 0 Å². The second kappa shape index (κ2) is 9.21. The number of aliphatic hydroxyl groups is 3. The number of ketones is 2. The van der Waals surface area contributed by atoms with Crippen molar-refractivity contribution >= 4 is 28.9 Å². The molecule has 204 valence electrons. The molecule has 39 heavy (non-hydrogen) atoms. The van der Waals surface area contributed by atoms with Crippen LogP contribution >= 0.6 is 0 Å². The van der Waals surface area contributed by atoms with E-state index >= 15 is 0 Å². The molecule has 1 aromatic heterocycles. The number of hydrogen-bond acceptors (Lipinski definition) is 10. The topological polar surface area (TPSA) is 186 Å². The number of likely N-dealkylation sites (N-methyl/N-ethyl adjacent to an activating group) is 1. The van der Waals surface area contributed by atoms with Gasteiger partial charge in [0.05, 0.1) is 17.3 Å². The van der Waals surface area contributed by atoms with Gasteiger partial charge in [-0.3, -0.25) is 24.3 Å². The Balaban J connectivity index is 1.62. The Morgan fingerprint density at radius 3 is 2.59 bits per heavy atom. The molecule has 3 aliphatic rings. The van der Waals surface area contributed by atoms with Crippen molar-refractivity contribution in [2.75, 3.05) is 19.4 Å². The molecule has 1 heterocycles. The second-order valence-corrected chi connectivity index (χ2v) is 10.6. The van der Waals surface area contributed by atoms with Gasteiger partial charge in [0.25, 0.3) is 5.91 Å². The van der Waals surface area contributed by atoms with E-state index in [-0.39, 0.29) is 29.7 Å². The molecule has 2 aromatic rings. The molecule has 0 radical (unpaired) electrons. The lowest BCUT2D eigenvalue weighted by Gasteiger charge is -2.50. The Hall–Kier alpha value is -4.22. The summed E-state index contributed by atoms with van der Waals surface area (Å²) in [5.74, 6) is -6.64. The molecule has 0 saturated heterocycles. The molecule has 1 aromatic carbocycles. The molecule has 0 bridgehead atoms. The van der Waals surface area contributed by atoms with Crippen molar-refractivity contribution in [2.45, 2.75) is 38.0 Å². The number of Topliss-reactive ketones (excluding diaryl/α,β-unsaturated/α-hetero) is 2. The second-order valence-electron chi connectivity index (χ2n) is 10.6. The van der Waals surface area contributed by atoms with E-state index in [0.717, 1.165) is 16.8 Å². The number of aromatic hydroxyl groups is 1. The Kier molecular flexibility index (Phi) is 6.23. The lowest BCUT2D eigenvalue weighted by molar-refractivity contribution is -0.153. The zero-order valence-corrected chi connectivity index (χ0v) is 21.7. The molecule has 0 unspecified atom stereocenters. The molecule has 1 saturated carbocycles. The first-order valence-electron chi connectivity index (χ1n) is 12.5. The first-order valence-corrected chi connectivity index (χ1v) is 12.5. The third kappa shape index (κ3) is 3.80. The Morgan fingerprint density at radius 2 is 1.97 bits per heavy atom. The number of rotatable bonds is 5. The van der Waals surface area contributed by atoms with Crippen LogP contribution in [-0.4, -0.2) is 73.5 Å². The van der Waals surface area contributed by atoms with Crippen LogP contribution in [0.15, 0.2) is 47.5 Å². The summed E-state index contributed by atoms with van der Waals surface area (Å²) in [7, 11) is 3.13. The smallest absolute Gasteiger partial charge is 0.255 e. The van der Waals surface area contributed by atoms with Gasteiger partial charge in [-0.2, -0.15) is 0 Å². The highest BCUT2D eigenvalue weighted by Gasteiger charge is 2.64. The van der Waals surface area contributed by atoms with Crippen LogP contribution in [0.2, 0.25) is 0 Å². The number of aliphatic hydroxyl groups excluding tert-OH is 2. The van der Waals surface area contributed by atoms with Crippen LogP contribution in [0.5, 0.6) is 5.75 Å². The summed E-state index contributed by atoms with van der Waals surface area (Å²) in [6, 6.07) is 4.04. The number of carbonyl (C=O) groups excluding carboxylic acids is 3. The van der Waals surface area contributed by atoms with Crippen LogP contribution in [0.3, 0.4) is 0 Å². The van der Waals surface area contributed by atoms with Crippen LogP contribution in [0.1, 0.15) is 28.7 Å². The van der Waals surface area contributed by atoms with Crippen LogP contribution in [0, 0.1) is 18.8 Å². The number of benzene rings is 1. The van der Waals surface area contributed by atoms with E-state index in [9.17, 15) is 34.8 Å². The predicted octanol–water partition coefficient (Wildman–Crippen LogP) is 1.28. The molecule has 5 rings (SSSR count). The van der Waals surface area contributed by atoms with E-state index in [1.807, 2.05) is 13.0 Å². The summed E-state index contributed by atoms with van der Waals surface area (Å²) in [5.41, 5.74) is 4.79. The molecule has 11 nitrogen and oxygen atoms in total. The molecule has 4 atom stereocenters. The van der Waals surface area contributed by atoms with Gasteiger partial charge in [-0.15, -0.1) is 0 Å². The summed E-state index contributed by atoms with van der Waals surface area (Å²) >= 11 is 0. The largest absolute Gasteiger partial charge is 0.508 e. The van der Waals surface area contributed by atoms with E-state index in [2.05, 4.69) is 10.3 Å². The predicted molar refractivity (Wildman–Crippen MR) is 141 cm³/mol. The highest BCUT2D eigenvalue weighted by molar-refractivity contribution is 6.24. The van der Waals surface area contributed by atoms with Crippen molar-refractivity contribution in [3.05, 3.63) is 69.8 Å². The average Bonchev–Trinajstić information content (AvgIpc) is 2.87. The van der Waals surface area contributed by atoms with E-state index in [4.69, 9.17) is 5.73 Å². The number of pyridine rings is 1.